The van der Waals surface area contributed by atoms with Gasteiger partial charge in [0.25, 0.3) is 0 Å². The van der Waals surface area contributed by atoms with Crippen LogP contribution >= 0.6 is 0 Å². The summed E-state index contributed by atoms with van der Waals surface area (Å²) in [4.78, 5) is 19.4. The largest absolute Gasteiger partial charge is 0.493 e. The van der Waals surface area contributed by atoms with Gasteiger partial charge in [-0.15, -0.1) is 0 Å². The number of hydrogen-bond donors (Lipinski definition) is 1. The van der Waals surface area contributed by atoms with E-state index in [2.05, 4.69) is 33.4 Å². The summed E-state index contributed by atoms with van der Waals surface area (Å²) in [5.74, 6) is 1.23. The first-order valence-electron chi connectivity index (χ1n) is 11.1. The lowest BCUT2D eigenvalue weighted by Gasteiger charge is -2.34. The lowest BCUT2D eigenvalue weighted by molar-refractivity contribution is -0.125. The minimum Gasteiger partial charge on any atom is -0.493 e. The van der Waals surface area contributed by atoms with Gasteiger partial charge >= 0.3 is 0 Å². The number of rotatable bonds is 6. The van der Waals surface area contributed by atoms with E-state index in [0.717, 1.165) is 35.0 Å². The Balaban J connectivity index is 1.49. The number of fused-ring (bicyclic) bond motifs is 1. The Morgan fingerprint density at radius 1 is 1.15 bits per heavy atom. The highest BCUT2D eigenvalue weighted by atomic mass is 16.5. The molecule has 0 atom stereocenters. The summed E-state index contributed by atoms with van der Waals surface area (Å²) in [6, 6.07) is 14.2. The lowest BCUT2D eigenvalue weighted by Crippen LogP contribution is -2.40. The average molecular weight is 445 g/mol. The van der Waals surface area contributed by atoms with E-state index < -0.39 is 0 Å². The monoisotopic (exact) mass is 444 g/mol. The Morgan fingerprint density at radius 2 is 1.82 bits per heavy atom. The van der Waals surface area contributed by atoms with Gasteiger partial charge in [0.15, 0.2) is 11.5 Å². The molecule has 2 heterocycles. The minimum atomic E-state index is -0.0417. The first-order valence-corrected chi connectivity index (χ1v) is 11.1. The number of carbonyl (C=O) groups excluding carboxylic acids is 1. The SMILES string of the molecule is COc1cc2ncc(C#N)c(N3CCC(C(=O)NCc4ccc(C)cc4)CC3)c2cc1OC. The van der Waals surface area contributed by atoms with Gasteiger partial charge in [-0.05, 0) is 31.4 Å². The predicted octanol–water partition coefficient (Wildman–Crippen LogP) is 3.96. The van der Waals surface area contributed by atoms with Gasteiger partial charge in [0, 0.05) is 43.2 Å². The van der Waals surface area contributed by atoms with Gasteiger partial charge in [-0.25, -0.2) is 0 Å². The molecular weight excluding hydrogens is 416 g/mol. The molecule has 1 saturated heterocycles. The quantitative estimate of drug-likeness (QED) is 0.619. The van der Waals surface area contributed by atoms with Gasteiger partial charge in [0.2, 0.25) is 5.91 Å². The Morgan fingerprint density at radius 3 is 2.45 bits per heavy atom. The molecule has 1 aliphatic heterocycles. The van der Waals surface area contributed by atoms with Crippen molar-refractivity contribution in [3.8, 4) is 17.6 Å². The number of nitriles is 1. The number of nitrogens with one attached hydrogen (secondary N) is 1. The van der Waals surface area contributed by atoms with Crippen LogP contribution in [0.5, 0.6) is 11.5 Å². The topological polar surface area (TPSA) is 87.5 Å². The van der Waals surface area contributed by atoms with Crippen molar-refractivity contribution in [2.75, 3.05) is 32.2 Å². The Bertz CT molecular complexity index is 1190. The molecule has 3 aromatic rings. The first-order chi connectivity index (χ1) is 16.0. The molecule has 1 fully saturated rings. The van der Waals surface area contributed by atoms with E-state index in [1.807, 2.05) is 31.2 Å². The molecule has 1 N–H and O–H groups in total. The minimum absolute atomic E-state index is 0.0417. The molecule has 2 aromatic carbocycles. The third kappa shape index (κ3) is 4.70. The molecule has 0 radical (unpaired) electrons. The first kappa shape index (κ1) is 22.4. The van der Waals surface area contributed by atoms with Gasteiger partial charge in [-0.2, -0.15) is 5.26 Å². The standard InChI is InChI=1S/C26H28N4O3/c1-17-4-6-18(7-5-17)15-29-26(31)19-8-10-30(11-9-19)25-20(14-27)16-28-22-13-24(33-3)23(32-2)12-21(22)25/h4-7,12-13,16,19H,8-11,15H2,1-3H3,(H,29,31). The molecule has 1 amide bonds. The maximum Gasteiger partial charge on any atom is 0.223 e. The zero-order chi connectivity index (χ0) is 23.4. The number of piperidine rings is 1. The molecule has 0 saturated carbocycles. The van der Waals surface area contributed by atoms with Gasteiger partial charge in [0.05, 0.1) is 31.0 Å². The molecule has 0 bridgehead atoms. The highest BCUT2D eigenvalue weighted by Crippen LogP contribution is 2.38. The van der Waals surface area contributed by atoms with Crippen LogP contribution in [0.15, 0.2) is 42.6 Å². The van der Waals surface area contributed by atoms with E-state index >= 15 is 0 Å². The molecule has 7 heteroatoms. The number of carbonyl (C=O) groups is 1. The zero-order valence-corrected chi connectivity index (χ0v) is 19.2. The average Bonchev–Trinajstić information content (AvgIpc) is 2.86. The predicted molar refractivity (Wildman–Crippen MR) is 128 cm³/mol. The van der Waals surface area contributed by atoms with Crippen LogP contribution in [0.3, 0.4) is 0 Å². The summed E-state index contributed by atoms with van der Waals surface area (Å²) in [6.45, 7) is 3.95. The van der Waals surface area contributed by atoms with Crippen molar-refractivity contribution >= 4 is 22.5 Å². The Hall–Kier alpha value is -3.79. The van der Waals surface area contributed by atoms with Crippen LogP contribution in [-0.2, 0) is 11.3 Å². The molecule has 4 rings (SSSR count). The molecular formula is C26H28N4O3. The van der Waals surface area contributed by atoms with Crippen molar-refractivity contribution in [1.82, 2.24) is 10.3 Å². The summed E-state index contributed by atoms with van der Waals surface area (Å²) < 4.78 is 10.9. The van der Waals surface area contributed by atoms with E-state index in [1.54, 1.807) is 20.4 Å². The second kappa shape index (κ2) is 9.78. The molecule has 7 nitrogen and oxygen atoms in total. The highest BCUT2D eigenvalue weighted by molar-refractivity contribution is 5.96. The molecule has 170 valence electrons. The van der Waals surface area contributed by atoms with Gasteiger partial charge in [-0.1, -0.05) is 29.8 Å². The van der Waals surface area contributed by atoms with Crippen molar-refractivity contribution in [2.45, 2.75) is 26.3 Å². The number of aromatic nitrogens is 1. The Kier molecular flexibility index (Phi) is 6.64. The Labute approximate surface area is 193 Å². The normalized spacial score (nSPS) is 14.1. The third-order valence-electron chi connectivity index (χ3n) is 6.23. The van der Waals surface area contributed by atoms with Crippen LogP contribution in [0.4, 0.5) is 5.69 Å². The molecule has 1 aromatic heterocycles. The fourth-order valence-electron chi connectivity index (χ4n) is 4.33. The maximum absolute atomic E-state index is 12.7. The molecule has 0 spiro atoms. The number of hydrogen-bond acceptors (Lipinski definition) is 6. The van der Waals surface area contributed by atoms with Crippen molar-refractivity contribution in [1.29, 1.82) is 5.26 Å². The van der Waals surface area contributed by atoms with E-state index in [1.165, 1.54) is 5.56 Å². The van der Waals surface area contributed by atoms with Gasteiger partial charge in [0.1, 0.15) is 6.07 Å². The number of amides is 1. The number of nitrogens with zero attached hydrogens (tertiary/aromatic N) is 3. The number of methoxy groups -OCH3 is 2. The second-order valence-corrected chi connectivity index (χ2v) is 8.32. The number of aryl methyl sites for hydroxylation is 1. The van der Waals surface area contributed by atoms with Crippen molar-refractivity contribution in [2.24, 2.45) is 5.92 Å². The second-order valence-electron chi connectivity index (χ2n) is 8.32. The molecule has 33 heavy (non-hydrogen) atoms. The number of pyridine rings is 1. The van der Waals surface area contributed by atoms with Gasteiger partial charge in [-0.3, -0.25) is 9.78 Å². The smallest absolute Gasteiger partial charge is 0.223 e. The van der Waals surface area contributed by atoms with Crippen molar-refractivity contribution in [3.63, 3.8) is 0 Å². The summed E-state index contributed by atoms with van der Waals surface area (Å²) in [5, 5.41) is 13.6. The molecule has 0 unspecified atom stereocenters. The lowest BCUT2D eigenvalue weighted by atomic mass is 9.94. The van der Waals surface area contributed by atoms with E-state index in [9.17, 15) is 10.1 Å². The van der Waals surface area contributed by atoms with Crippen molar-refractivity contribution in [3.05, 3.63) is 59.3 Å². The van der Waals surface area contributed by atoms with Crippen LogP contribution in [0.1, 0.15) is 29.5 Å². The summed E-state index contributed by atoms with van der Waals surface area (Å²) in [5.41, 5.74) is 4.38. The summed E-state index contributed by atoms with van der Waals surface area (Å²) in [7, 11) is 3.18. The summed E-state index contributed by atoms with van der Waals surface area (Å²) in [6.07, 6.45) is 3.05. The fourth-order valence-corrected chi connectivity index (χ4v) is 4.33. The number of ether oxygens (including phenoxy) is 2. The molecule has 0 aliphatic carbocycles. The highest BCUT2D eigenvalue weighted by Gasteiger charge is 2.27. The van der Waals surface area contributed by atoms with E-state index in [0.29, 0.717) is 36.7 Å². The molecule has 1 aliphatic rings. The van der Waals surface area contributed by atoms with Crippen LogP contribution < -0.4 is 19.7 Å². The zero-order valence-electron chi connectivity index (χ0n) is 19.2. The van der Waals surface area contributed by atoms with Crippen LogP contribution in [0.25, 0.3) is 10.9 Å². The van der Waals surface area contributed by atoms with Crippen LogP contribution in [0.2, 0.25) is 0 Å². The third-order valence-corrected chi connectivity index (χ3v) is 6.23. The number of anilines is 1. The van der Waals surface area contributed by atoms with Crippen molar-refractivity contribution < 1.29 is 14.3 Å². The van der Waals surface area contributed by atoms with E-state index in [4.69, 9.17) is 9.47 Å². The fraction of sp³-hybridized carbons (Fsp3) is 0.346. The van der Waals surface area contributed by atoms with Crippen LogP contribution in [0, 0.1) is 24.2 Å². The van der Waals surface area contributed by atoms with Crippen LogP contribution in [-0.4, -0.2) is 38.2 Å². The van der Waals surface area contributed by atoms with Gasteiger partial charge < -0.3 is 19.7 Å². The number of benzene rings is 2. The maximum atomic E-state index is 12.7. The van der Waals surface area contributed by atoms with E-state index in [-0.39, 0.29) is 11.8 Å². The summed E-state index contributed by atoms with van der Waals surface area (Å²) >= 11 is 0.